The molecule has 0 aliphatic heterocycles. The Balaban J connectivity index is 2.53. The van der Waals surface area contributed by atoms with Crippen molar-refractivity contribution in [3.63, 3.8) is 0 Å². The lowest BCUT2D eigenvalue weighted by atomic mass is 10.1. The number of nitrogens with zero attached hydrogens (tertiary/aromatic N) is 1. The van der Waals surface area contributed by atoms with Crippen LogP contribution >= 0.6 is 11.6 Å². The SMILES string of the molecule is CCN(c1ccc(C)cc1C)S(=O)(=O)c1ccc(OC)c(Cl)c1. The molecular formula is C17H20ClNO3S. The van der Waals surface area contributed by atoms with E-state index in [9.17, 15) is 8.42 Å². The standard InChI is InChI=1S/C17H20ClNO3S/c1-5-19(16-8-6-12(2)10-13(16)3)23(20,21)14-7-9-17(22-4)15(18)11-14/h6-11H,5H2,1-4H3. The highest BCUT2D eigenvalue weighted by Crippen LogP contribution is 2.31. The highest BCUT2D eigenvalue weighted by Gasteiger charge is 2.25. The maximum Gasteiger partial charge on any atom is 0.264 e. The second kappa shape index (κ2) is 6.81. The molecule has 0 unspecified atom stereocenters. The summed E-state index contributed by atoms with van der Waals surface area (Å²) < 4.78 is 32.4. The van der Waals surface area contributed by atoms with Gasteiger partial charge in [-0.25, -0.2) is 8.42 Å². The molecule has 0 saturated carbocycles. The van der Waals surface area contributed by atoms with Gasteiger partial charge >= 0.3 is 0 Å². The Labute approximate surface area is 142 Å². The molecular weight excluding hydrogens is 334 g/mol. The second-order valence-electron chi connectivity index (χ2n) is 5.26. The fourth-order valence-electron chi connectivity index (χ4n) is 2.49. The summed E-state index contributed by atoms with van der Waals surface area (Å²) in [4.78, 5) is 0.144. The molecule has 2 aromatic rings. The quantitative estimate of drug-likeness (QED) is 0.810. The maximum absolute atomic E-state index is 13.0. The van der Waals surface area contributed by atoms with Crippen molar-refractivity contribution < 1.29 is 13.2 Å². The summed E-state index contributed by atoms with van der Waals surface area (Å²) >= 11 is 6.07. The van der Waals surface area contributed by atoms with Gasteiger partial charge in [-0.3, -0.25) is 4.31 Å². The molecule has 0 aliphatic rings. The van der Waals surface area contributed by atoms with E-state index in [1.807, 2.05) is 39.0 Å². The number of rotatable bonds is 5. The Morgan fingerprint density at radius 1 is 1.13 bits per heavy atom. The molecule has 4 nitrogen and oxygen atoms in total. The zero-order chi connectivity index (χ0) is 17.2. The van der Waals surface area contributed by atoms with Gasteiger partial charge in [0, 0.05) is 6.54 Å². The molecule has 0 amide bonds. The molecule has 0 N–H and O–H groups in total. The molecule has 0 heterocycles. The fourth-order valence-corrected chi connectivity index (χ4v) is 4.38. The van der Waals surface area contributed by atoms with E-state index in [4.69, 9.17) is 16.3 Å². The van der Waals surface area contributed by atoms with Crippen molar-refractivity contribution in [1.29, 1.82) is 0 Å². The zero-order valence-corrected chi connectivity index (χ0v) is 15.2. The fraction of sp³-hybridized carbons (Fsp3) is 0.294. The molecule has 2 aromatic carbocycles. The lowest BCUT2D eigenvalue weighted by Gasteiger charge is -2.25. The Hall–Kier alpha value is -1.72. The molecule has 0 bridgehead atoms. The second-order valence-corrected chi connectivity index (χ2v) is 7.53. The minimum atomic E-state index is -3.69. The first kappa shape index (κ1) is 17.6. The van der Waals surface area contributed by atoms with Gasteiger partial charge in [0.1, 0.15) is 5.75 Å². The van der Waals surface area contributed by atoms with Crippen molar-refractivity contribution in [3.8, 4) is 5.75 Å². The van der Waals surface area contributed by atoms with Crippen LogP contribution in [0.25, 0.3) is 0 Å². The van der Waals surface area contributed by atoms with Crippen molar-refractivity contribution in [3.05, 3.63) is 52.5 Å². The Morgan fingerprint density at radius 2 is 1.83 bits per heavy atom. The van der Waals surface area contributed by atoms with Crippen LogP contribution < -0.4 is 9.04 Å². The van der Waals surface area contributed by atoms with Crippen molar-refractivity contribution in [2.24, 2.45) is 0 Å². The van der Waals surface area contributed by atoms with Crippen LogP contribution in [0.4, 0.5) is 5.69 Å². The van der Waals surface area contributed by atoms with Gasteiger partial charge in [-0.05, 0) is 50.6 Å². The van der Waals surface area contributed by atoms with Crippen LogP contribution in [-0.4, -0.2) is 22.1 Å². The highest BCUT2D eigenvalue weighted by molar-refractivity contribution is 7.92. The van der Waals surface area contributed by atoms with Crippen LogP contribution in [-0.2, 0) is 10.0 Å². The van der Waals surface area contributed by atoms with E-state index in [0.29, 0.717) is 18.0 Å². The summed E-state index contributed by atoms with van der Waals surface area (Å²) in [6.45, 7) is 6.02. The number of anilines is 1. The summed E-state index contributed by atoms with van der Waals surface area (Å²) in [7, 11) is -2.20. The van der Waals surface area contributed by atoms with E-state index < -0.39 is 10.0 Å². The van der Waals surface area contributed by atoms with Crippen molar-refractivity contribution >= 4 is 27.3 Å². The predicted molar refractivity (Wildman–Crippen MR) is 94.1 cm³/mol. The number of hydrogen-bond acceptors (Lipinski definition) is 3. The number of ether oxygens (including phenoxy) is 1. The third kappa shape index (κ3) is 3.46. The van der Waals surface area contributed by atoms with E-state index >= 15 is 0 Å². The van der Waals surface area contributed by atoms with Gasteiger partial charge in [0.15, 0.2) is 0 Å². The third-order valence-corrected chi connectivity index (χ3v) is 5.80. The monoisotopic (exact) mass is 353 g/mol. The minimum absolute atomic E-state index is 0.144. The number of methoxy groups -OCH3 is 1. The van der Waals surface area contributed by atoms with E-state index in [2.05, 4.69) is 0 Å². The number of hydrogen-bond donors (Lipinski definition) is 0. The van der Waals surface area contributed by atoms with Gasteiger partial charge in [0.05, 0.1) is 22.7 Å². The Bertz CT molecular complexity index is 819. The van der Waals surface area contributed by atoms with Gasteiger partial charge in [0.25, 0.3) is 10.0 Å². The maximum atomic E-state index is 13.0. The molecule has 0 atom stereocenters. The van der Waals surface area contributed by atoms with Gasteiger partial charge in [-0.2, -0.15) is 0 Å². The minimum Gasteiger partial charge on any atom is -0.495 e. The lowest BCUT2D eigenvalue weighted by Crippen LogP contribution is -2.31. The van der Waals surface area contributed by atoms with Crippen molar-refractivity contribution in [2.75, 3.05) is 18.0 Å². The summed E-state index contributed by atoms with van der Waals surface area (Å²) in [5.41, 5.74) is 2.67. The average molecular weight is 354 g/mol. The summed E-state index contributed by atoms with van der Waals surface area (Å²) in [5.74, 6) is 0.445. The molecule has 0 spiro atoms. The topological polar surface area (TPSA) is 46.6 Å². The van der Waals surface area contributed by atoms with Crippen molar-refractivity contribution in [1.82, 2.24) is 0 Å². The summed E-state index contributed by atoms with van der Waals surface area (Å²) in [6, 6.07) is 10.2. The van der Waals surface area contributed by atoms with E-state index in [-0.39, 0.29) is 9.92 Å². The lowest BCUT2D eigenvalue weighted by molar-refractivity contribution is 0.414. The van der Waals surface area contributed by atoms with Gasteiger partial charge in [0.2, 0.25) is 0 Å². The summed E-state index contributed by atoms with van der Waals surface area (Å²) in [5, 5.41) is 0.269. The van der Waals surface area contributed by atoms with Gasteiger partial charge in [-0.1, -0.05) is 29.3 Å². The van der Waals surface area contributed by atoms with Crippen LogP contribution in [0.2, 0.25) is 5.02 Å². The first-order chi connectivity index (χ1) is 10.8. The molecule has 0 radical (unpaired) electrons. The molecule has 0 aromatic heterocycles. The molecule has 0 saturated heterocycles. The number of sulfonamides is 1. The van der Waals surface area contributed by atoms with Gasteiger partial charge in [-0.15, -0.1) is 0 Å². The molecule has 124 valence electrons. The zero-order valence-electron chi connectivity index (χ0n) is 13.6. The number of aryl methyl sites for hydroxylation is 2. The Kier molecular flexibility index (Phi) is 5.22. The summed E-state index contributed by atoms with van der Waals surface area (Å²) in [6.07, 6.45) is 0. The van der Waals surface area contributed by atoms with Crippen LogP contribution in [0.15, 0.2) is 41.3 Å². The number of benzene rings is 2. The Morgan fingerprint density at radius 3 is 2.35 bits per heavy atom. The molecule has 0 fully saturated rings. The average Bonchev–Trinajstić information content (AvgIpc) is 2.49. The van der Waals surface area contributed by atoms with E-state index in [1.54, 1.807) is 6.07 Å². The van der Waals surface area contributed by atoms with Crippen LogP contribution in [0.1, 0.15) is 18.1 Å². The van der Waals surface area contributed by atoms with E-state index in [0.717, 1.165) is 11.1 Å². The molecule has 6 heteroatoms. The van der Waals surface area contributed by atoms with Crippen LogP contribution in [0.5, 0.6) is 5.75 Å². The smallest absolute Gasteiger partial charge is 0.264 e. The van der Waals surface area contributed by atoms with Crippen LogP contribution in [0, 0.1) is 13.8 Å². The molecule has 2 rings (SSSR count). The first-order valence-electron chi connectivity index (χ1n) is 7.24. The molecule has 0 aliphatic carbocycles. The predicted octanol–water partition coefficient (Wildman–Crippen LogP) is 4.18. The first-order valence-corrected chi connectivity index (χ1v) is 9.06. The normalized spacial score (nSPS) is 11.3. The third-order valence-electron chi connectivity index (χ3n) is 3.62. The van der Waals surface area contributed by atoms with E-state index in [1.165, 1.54) is 23.5 Å². The molecule has 23 heavy (non-hydrogen) atoms. The highest BCUT2D eigenvalue weighted by atomic mass is 35.5. The van der Waals surface area contributed by atoms with Crippen molar-refractivity contribution in [2.45, 2.75) is 25.7 Å². The largest absolute Gasteiger partial charge is 0.495 e. The van der Waals surface area contributed by atoms with Gasteiger partial charge < -0.3 is 4.74 Å². The number of halogens is 1. The van der Waals surface area contributed by atoms with Crippen LogP contribution in [0.3, 0.4) is 0 Å².